The third kappa shape index (κ3) is 3.83. The van der Waals surface area contributed by atoms with Crippen molar-refractivity contribution >= 4 is 5.95 Å². The summed E-state index contributed by atoms with van der Waals surface area (Å²) in [6.45, 7) is 1.97. The second-order valence-electron chi connectivity index (χ2n) is 5.76. The van der Waals surface area contributed by atoms with Crippen molar-refractivity contribution in [2.45, 2.75) is 19.4 Å². The predicted molar refractivity (Wildman–Crippen MR) is 97.6 cm³/mol. The van der Waals surface area contributed by atoms with E-state index in [1.807, 2.05) is 43.3 Å². The fraction of sp³-hybridized carbons (Fsp3) is 0.200. The highest BCUT2D eigenvalue weighted by molar-refractivity contribution is 5.73. The van der Waals surface area contributed by atoms with Crippen LogP contribution in [0.1, 0.15) is 13.3 Å². The lowest BCUT2D eigenvalue weighted by Crippen LogP contribution is -2.23. The third-order valence-electron chi connectivity index (χ3n) is 4.09. The van der Waals surface area contributed by atoms with Gasteiger partial charge >= 0.3 is 0 Å². The van der Waals surface area contributed by atoms with Gasteiger partial charge in [0.2, 0.25) is 5.95 Å². The van der Waals surface area contributed by atoms with Crippen molar-refractivity contribution in [2.24, 2.45) is 0 Å². The second kappa shape index (κ2) is 7.85. The maximum absolute atomic E-state index is 15.0. The van der Waals surface area contributed by atoms with Crippen LogP contribution in [0.25, 0.3) is 22.3 Å². The van der Waals surface area contributed by atoms with Crippen molar-refractivity contribution in [1.82, 2.24) is 9.97 Å². The lowest BCUT2D eigenvalue weighted by atomic mass is 9.99. The molecule has 0 aliphatic carbocycles. The Hall–Kier alpha value is -2.79. The van der Waals surface area contributed by atoms with E-state index in [0.717, 1.165) is 12.0 Å². The number of aromatic nitrogens is 2. The van der Waals surface area contributed by atoms with Crippen molar-refractivity contribution in [3.05, 3.63) is 66.7 Å². The Kier molecular flexibility index (Phi) is 5.36. The Morgan fingerprint density at radius 3 is 2.20 bits per heavy atom. The first-order valence-electron chi connectivity index (χ1n) is 8.26. The van der Waals surface area contributed by atoms with E-state index in [1.165, 1.54) is 0 Å². The minimum Gasteiger partial charge on any atom is -0.394 e. The van der Waals surface area contributed by atoms with Crippen LogP contribution in [0.2, 0.25) is 0 Å². The third-order valence-corrected chi connectivity index (χ3v) is 4.09. The van der Waals surface area contributed by atoms with E-state index < -0.39 is 0 Å². The monoisotopic (exact) mass is 337 g/mol. The number of hydrogen-bond acceptors (Lipinski definition) is 4. The number of rotatable bonds is 6. The van der Waals surface area contributed by atoms with Crippen molar-refractivity contribution < 1.29 is 9.50 Å². The molecule has 0 unspecified atom stereocenters. The molecule has 2 aromatic carbocycles. The number of hydrogen-bond donors (Lipinski definition) is 2. The van der Waals surface area contributed by atoms with Crippen LogP contribution in [0.4, 0.5) is 10.3 Å². The molecule has 1 aromatic heterocycles. The molecule has 0 radical (unpaired) electrons. The highest BCUT2D eigenvalue weighted by Gasteiger charge is 2.13. The molecule has 1 heterocycles. The predicted octanol–water partition coefficient (Wildman–Crippen LogP) is 4.13. The number of halogens is 1. The Morgan fingerprint density at radius 2 is 1.60 bits per heavy atom. The number of nitrogens with zero attached hydrogens (tertiary/aromatic N) is 2. The van der Waals surface area contributed by atoms with E-state index in [1.54, 1.807) is 24.5 Å². The summed E-state index contributed by atoms with van der Waals surface area (Å²) in [4.78, 5) is 8.47. The van der Waals surface area contributed by atoms with E-state index in [9.17, 15) is 9.50 Å². The summed E-state index contributed by atoms with van der Waals surface area (Å²) in [6, 6.07) is 14.6. The summed E-state index contributed by atoms with van der Waals surface area (Å²) in [6.07, 6.45) is 3.94. The van der Waals surface area contributed by atoms with Gasteiger partial charge in [0.25, 0.3) is 0 Å². The Bertz CT molecular complexity index is 818. The van der Waals surface area contributed by atoms with Gasteiger partial charge in [0.1, 0.15) is 5.82 Å². The minimum absolute atomic E-state index is 0.00929. The molecule has 0 bridgehead atoms. The first-order chi connectivity index (χ1) is 12.2. The second-order valence-corrected chi connectivity index (χ2v) is 5.76. The molecule has 3 rings (SSSR count). The largest absolute Gasteiger partial charge is 0.394 e. The van der Waals surface area contributed by atoms with Gasteiger partial charge < -0.3 is 10.4 Å². The van der Waals surface area contributed by atoms with E-state index in [4.69, 9.17) is 0 Å². The summed E-state index contributed by atoms with van der Waals surface area (Å²) in [5, 5.41) is 12.3. The zero-order valence-corrected chi connectivity index (χ0v) is 14.0. The Balaban J connectivity index is 1.90. The first-order valence-corrected chi connectivity index (χ1v) is 8.26. The maximum Gasteiger partial charge on any atom is 0.222 e. The zero-order valence-electron chi connectivity index (χ0n) is 14.0. The fourth-order valence-electron chi connectivity index (χ4n) is 2.60. The Morgan fingerprint density at radius 1 is 0.960 bits per heavy atom. The molecular weight excluding hydrogens is 317 g/mol. The highest BCUT2D eigenvalue weighted by Crippen LogP contribution is 2.30. The summed E-state index contributed by atoms with van der Waals surface area (Å²) < 4.78 is 15.0. The number of anilines is 1. The van der Waals surface area contributed by atoms with Gasteiger partial charge in [-0.05, 0) is 12.0 Å². The molecule has 128 valence electrons. The van der Waals surface area contributed by atoms with Gasteiger partial charge in [-0.15, -0.1) is 0 Å². The number of aliphatic hydroxyl groups is 1. The smallest absolute Gasteiger partial charge is 0.222 e. The maximum atomic E-state index is 15.0. The van der Waals surface area contributed by atoms with Crippen LogP contribution in [0, 0.1) is 5.82 Å². The lowest BCUT2D eigenvalue weighted by Gasteiger charge is -2.14. The number of benzene rings is 2. The molecule has 2 N–H and O–H groups in total. The number of nitrogens with one attached hydrogen (secondary N) is 1. The van der Waals surface area contributed by atoms with Crippen LogP contribution < -0.4 is 5.32 Å². The molecular formula is C20H20FN3O. The zero-order chi connectivity index (χ0) is 17.6. The van der Waals surface area contributed by atoms with Crippen LogP contribution in [-0.2, 0) is 0 Å². The summed E-state index contributed by atoms with van der Waals surface area (Å²) >= 11 is 0. The molecule has 5 heteroatoms. The molecule has 0 saturated carbocycles. The summed E-state index contributed by atoms with van der Waals surface area (Å²) in [7, 11) is 0. The molecule has 0 aliphatic heterocycles. The molecule has 0 spiro atoms. The normalized spacial score (nSPS) is 12.0. The average molecular weight is 337 g/mol. The average Bonchev–Trinajstić information content (AvgIpc) is 2.67. The molecule has 0 saturated heterocycles. The van der Waals surface area contributed by atoms with Gasteiger partial charge in [0.05, 0.1) is 12.6 Å². The molecule has 0 amide bonds. The molecule has 0 aliphatic rings. The standard InChI is InChI=1S/C20H20FN3O/c1-2-16(13-25)24-20-22-11-15(12-23-20)18-10-6-9-17(19(18)21)14-7-4-3-5-8-14/h3-12,16,25H,2,13H2,1H3,(H,22,23,24)/t16-/m0/s1. The van der Waals surface area contributed by atoms with Gasteiger partial charge in [0.15, 0.2) is 0 Å². The van der Waals surface area contributed by atoms with Gasteiger partial charge in [0, 0.05) is 29.1 Å². The van der Waals surface area contributed by atoms with Gasteiger partial charge in [-0.1, -0.05) is 55.5 Å². The molecule has 0 fully saturated rings. The summed E-state index contributed by atoms with van der Waals surface area (Å²) in [5.74, 6) is 0.129. The van der Waals surface area contributed by atoms with Gasteiger partial charge in [-0.3, -0.25) is 0 Å². The summed E-state index contributed by atoms with van der Waals surface area (Å²) in [5.41, 5.74) is 2.45. The topological polar surface area (TPSA) is 58.0 Å². The van der Waals surface area contributed by atoms with Crippen molar-refractivity contribution in [3.63, 3.8) is 0 Å². The van der Waals surface area contributed by atoms with Crippen molar-refractivity contribution in [3.8, 4) is 22.3 Å². The minimum atomic E-state index is -0.292. The van der Waals surface area contributed by atoms with Crippen LogP contribution in [0.5, 0.6) is 0 Å². The molecule has 1 atom stereocenters. The van der Waals surface area contributed by atoms with Crippen LogP contribution in [-0.4, -0.2) is 27.7 Å². The van der Waals surface area contributed by atoms with Crippen molar-refractivity contribution in [1.29, 1.82) is 0 Å². The van der Waals surface area contributed by atoms with E-state index in [-0.39, 0.29) is 18.5 Å². The van der Waals surface area contributed by atoms with Crippen LogP contribution in [0.15, 0.2) is 60.9 Å². The van der Waals surface area contributed by atoms with Crippen LogP contribution in [0.3, 0.4) is 0 Å². The lowest BCUT2D eigenvalue weighted by molar-refractivity contribution is 0.271. The highest BCUT2D eigenvalue weighted by atomic mass is 19.1. The molecule has 25 heavy (non-hydrogen) atoms. The van der Waals surface area contributed by atoms with Gasteiger partial charge in [-0.25, -0.2) is 14.4 Å². The van der Waals surface area contributed by atoms with E-state index in [0.29, 0.717) is 22.6 Å². The molecule has 4 nitrogen and oxygen atoms in total. The molecule has 3 aromatic rings. The van der Waals surface area contributed by atoms with E-state index >= 15 is 0 Å². The quantitative estimate of drug-likeness (QED) is 0.710. The first kappa shape index (κ1) is 17.0. The number of aliphatic hydroxyl groups excluding tert-OH is 1. The van der Waals surface area contributed by atoms with Crippen molar-refractivity contribution in [2.75, 3.05) is 11.9 Å². The SMILES string of the molecule is CC[C@@H](CO)Nc1ncc(-c2cccc(-c3ccccc3)c2F)cn1. The van der Waals surface area contributed by atoms with E-state index in [2.05, 4.69) is 15.3 Å². The Labute approximate surface area is 146 Å². The van der Waals surface area contributed by atoms with Crippen LogP contribution >= 0.6 is 0 Å². The fourth-order valence-corrected chi connectivity index (χ4v) is 2.60. The van der Waals surface area contributed by atoms with Gasteiger partial charge in [-0.2, -0.15) is 0 Å².